The Balaban J connectivity index is 1.38. The molecule has 6 nitrogen and oxygen atoms in total. The van der Waals surface area contributed by atoms with Crippen molar-refractivity contribution in [3.63, 3.8) is 0 Å². The summed E-state index contributed by atoms with van der Waals surface area (Å²) < 4.78 is 0. The van der Waals surface area contributed by atoms with Crippen LogP contribution in [-0.2, 0) is 4.79 Å². The monoisotopic (exact) mass is 348 g/mol. The molecule has 2 aliphatic rings. The number of anilines is 1. The predicted molar refractivity (Wildman–Crippen MR) is 99.5 cm³/mol. The van der Waals surface area contributed by atoms with Crippen molar-refractivity contribution in [2.45, 2.75) is 0 Å². The molecule has 0 unspecified atom stereocenters. The average Bonchev–Trinajstić information content (AvgIpc) is 2.94. The lowest BCUT2D eigenvalue weighted by Crippen LogP contribution is -2.51. The Labute approximate surface area is 152 Å². The molecule has 132 valence electrons. The Morgan fingerprint density at radius 3 is 2.35 bits per heavy atom. The summed E-state index contributed by atoms with van der Waals surface area (Å²) in [5.74, 6) is 0.734. The Kier molecular flexibility index (Phi) is 4.16. The first-order chi connectivity index (χ1) is 12.6. The van der Waals surface area contributed by atoms with Crippen molar-refractivity contribution in [2.24, 2.45) is 0 Å². The molecule has 2 aromatic rings. The van der Waals surface area contributed by atoms with Gasteiger partial charge in [-0.15, -0.1) is 0 Å². The molecule has 0 spiro atoms. The first kappa shape index (κ1) is 16.3. The second-order valence-corrected chi connectivity index (χ2v) is 6.44. The van der Waals surface area contributed by atoms with Gasteiger partial charge in [-0.2, -0.15) is 0 Å². The van der Waals surface area contributed by atoms with E-state index >= 15 is 0 Å². The van der Waals surface area contributed by atoms with E-state index in [-0.39, 0.29) is 18.4 Å². The standard InChI is InChI=1S/C20H20N4O2/c1-15-16-6-2-3-7-17(16)20(26)24(15)14-19(25)23-12-10-22(11-13-23)18-8-4-5-9-21-18/h2-9H,1,10-14H2. The van der Waals surface area contributed by atoms with Crippen LogP contribution >= 0.6 is 0 Å². The number of piperazine rings is 1. The van der Waals surface area contributed by atoms with E-state index in [1.165, 1.54) is 4.90 Å². The number of pyridine rings is 1. The Bertz CT molecular complexity index is 822. The summed E-state index contributed by atoms with van der Waals surface area (Å²) in [5, 5.41) is 0. The highest BCUT2D eigenvalue weighted by atomic mass is 16.2. The molecule has 6 heteroatoms. The van der Waals surface area contributed by atoms with Crippen molar-refractivity contribution in [2.75, 3.05) is 37.6 Å². The Morgan fingerprint density at radius 2 is 1.69 bits per heavy atom. The highest BCUT2D eigenvalue weighted by Crippen LogP contribution is 2.31. The summed E-state index contributed by atoms with van der Waals surface area (Å²) in [6.45, 7) is 6.74. The number of fused-ring (bicyclic) bond motifs is 1. The second-order valence-electron chi connectivity index (χ2n) is 6.44. The number of carbonyl (C=O) groups excluding carboxylic acids is 2. The topological polar surface area (TPSA) is 56.8 Å². The fourth-order valence-corrected chi connectivity index (χ4v) is 3.46. The van der Waals surface area contributed by atoms with Crippen LogP contribution in [0, 0.1) is 0 Å². The molecule has 2 amide bonds. The van der Waals surface area contributed by atoms with Gasteiger partial charge in [0.1, 0.15) is 12.4 Å². The number of nitrogens with zero attached hydrogens (tertiary/aromatic N) is 4. The third kappa shape index (κ3) is 2.83. The third-order valence-electron chi connectivity index (χ3n) is 4.94. The first-order valence-corrected chi connectivity index (χ1v) is 8.69. The van der Waals surface area contributed by atoms with Gasteiger partial charge in [-0.1, -0.05) is 30.8 Å². The molecule has 0 radical (unpaired) electrons. The zero-order valence-corrected chi connectivity index (χ0v) is 14.5. The van der Waals surface area contributed by atoms with Crippen molar-refractivity contribution in [1.82, 2.24) is 14.8 Å². The summed E-state index contributed by atoms with van der Waals surface area (Å²) >= 11 is 0. The molecule has 1 aromatic heterocycles. The zero-order valence-electron chi connectivity index (χ0n) is 14.5. The highest BCUT2D eigenvalue weighted by Gasteiger charge is 2.33. The largest absolute Gasteiger partial charge is 0.353 e. The van der Waals surface area contributed by atoms with Gasteiger partial charge in [0.2, 0.25) is 5.91 Å². The molecule has 0 N–H and O–H groups in total. The second kappa shape index (κ2) is 6.63. The van der Waals surface area contributed by atoms with E-state index in [1.807, 2.05) is 41.3 Å². The number of carbonyl (C=O) groups is 2. The van der Waals surface area contributed by atoms with Gasteiger partial charge >= 0.3 is 0 Å². The lowest BCUT2D eigenvalue weighted by atomic mass is 10.1. The lowest BCUT2D eigenvalue weighted by molar-refractivity contribution is -0.131. The van der Waals surface area contributed by atoms with Gasteiger partial charge in [0, 0.05) is 49.2 Å². The minimum Gasteiger partial charge on any atom is -0.353 e. The van der Waals surface area contributed by atoms with Crippen LogP contribution in [0.5, 0.6) is 0 Å². The van der Waals surface area contributed by atoms with Crippen LogP contribution in [0.1, 0.15) is 15.9 Å². The summed E-state index contributed by atoms with van der Waals surface area (Å²) in [5.41, 5.74) is 2.03. The van der Waals surface area contributed by atoms with Crippen molar-refractivity contribution in [3.8, 4) is 0 Å². The number of rotatable bonds is 3. The van der Waals surface area contributed by atoms with Gasteiger partial charge in [0.15, 0.2) is 0 Å². The van der Waals surface area contributed by atoms with Gasteiger partial charge in [0.25, 0.3) is 5.91 Å². The molecule has 0 atom stereocenters. The molecule has 1 saturated heterocycles. The van der Waals surface area contributed by atoms with Crippen LogP contribution < -0.4 is 4.90 Å². The van der Waals surface area contributed by atoms with Crippen LogP contribution in [0.3, 0.4) is 0 Å². The van der Waals surface area contributed by atoms with Gasteiger partial charge in [-0.3, -0.25) is 14.5 Å². The Hall–Kier alpha value is -3.15. The molecular weight excluding hydrogens is 328 g/mol. The van der Waals surface area contributed by atoms with Gasteiger partial charge in [-0.05, 0) is 18.2 Å². The summed E-state index contributed by atoms with van der Waals surface area (Å²) in [6.07, 6.45) is 1.77. The fraction of sp³-hybridized carbons (Fsp3) is 0.250. The van der Waals surface area contributed by atoms with E-state index in [2.05, 4.69) is 16.5 Å². The van der Waals surface area contributed by atoms with E-state index in [1.54, 1.807) is 12.3 Å². The smallest absolute Gasteiger partial charge is 0.259 e. The number of aromatic nitrogens is 1. The fourth-order valence-electron chi connectivity index (χ4n) is 3.46. The number of hydrogen-bond donors (Lipinski definition) is 0. The highest BCUT2D eigenvalue weighted by molar-refractivity contribution is 6.10. The SMILES string of the molecule is C=C1c2ccccc2C(=O)N1CC(=O)N1CCN(c2ccccn2)CC1. The van der Waals surface area contributed by atoms with Crippen molar-refractivity contribution in [3.05, 3.63) is 66.4 Å². The lowest BCUT2D eigenvalue weighted by Gasteiger charge is -2.36. The quantitative estimate of drug-likeness (QED) is 0.850. The summed E-state index contributed by atoms with van der Waals surface area (Å²) in [4.78, 5) is 35.1. The zero-order chi connectivity index (χ0) is 18.1. The summed E-state index contributed by atoms with van der Waals surface area (Å²) in [6, 6.07) is 13.2. The normalized spacial score (nSPS) is 16.8. The average molecular weight is 348 g/mol. The van der Waals surface area contributed by atoms with Crippen molar-refractivity contribution < 1.29 is 9.59 Å². The van der Waals surface area contributed by atoms with E-state index < -0.39 is 0 Å². The van der Waals surface area contributed by atoms with E-state index in [9.17, 15) is 9.59 Å². The number of hydrogen-bond acceptors (Lipinski definition) is 4. The molecule has 0 saturated carbocycles. The minimum absolute atomic E-state index is 0.0376. The predicted octanol–water partition coefficient (Wildman–Crippen LogP) is 1.86. The molecule has 2 aliphatic heterocycles. The number of benzene rings is 1. The van der Waals surface area contributed by atoms with Crippen molar-refractivity contribution >= 4 is 23.3 Å². The van der Waals surface area contributed by atoms with Crippen molar-refractivity contribution in [1.29, 1.82) is 0 Å². The molecule has 1 fully saturated rings. The molecule has 1 aromatic carbocycles. The molecule has 3 heterocycles. The van der Waals surface area contributed by atoms with Crippen LogP contribution in [0.2, 0.25) is 0 Å². The maximum Gasteiger partial charge on any atom is 0.259 e. The maximum absolute atomic E-state index is 12.7. The molecular formula is C20H20N4O2. The van der Waals surface area contributed by atoms with E-state index in [0.29, 0.717) is 24.4 Å². The third-order valence-corrected chi connectivity index (χ3v) is 4.94. The van der Waals surface area contributed by atoms with Gasteiger partial charge in [0.05, 0.1) is 0 Å². The molecule has 4 rings (SSSR count). The molecule has 0 bridgehead atoms. The van der Waals surface area contributed by atoms with Gasteiger partial charge in [-0.25, -0.2) is 4.98 Å². The minimum atomic E-state index is -0.147. The number of amides is 2. The summed E-state index contributed by atoms with van der Waals surface area (Å²) in [7, 11) is 0. The first-order valence-electron chi connectivity index (χ1n) is 8.69. The molecule has 0 aliphatic carbocycles. The van der Waals surface area contributed by atoms with Crippen LogP contribution in [-0.4, -0.2) is 59.3 Å². The van der Waals surface area contributed by atoms with Crippen LogP contribution in [0.15, 0.2) is 55.2 Å². The maximum atomic E-state index is 12.7. The van der Waals surface area contributed by atoms with Gasteiger partial charge < -0.3 is 9.80 Å². The van der Waals surface area contributed by atoms with E-state index in [4.69, 9.17) is 0 Å². The van der Waals surface area contributed by atoms with Crippen LogP contribution in [0.25, 0.3) is 5.70 Å². The van der Waals surface area contributed by atoms with E-state index in [0.717, 1.165) is 24.5 Å². The Morgan fingerprint density at radius 1 is 1.00 bits per heavy atom. The van der Waals surface area contributed by atoms with Crippen LogP contribution in [0.4, 0.5) is 5.82 Å². The molecule has 26 heavy (non-hydrogen) atoms.